The Kier molecular flexibility index (Phi) is 6.49. The Bertz CT molecular complexity index is 576. The Labute approximate surface area is 127 Å². The predicted molar refractivity (Wildman–Crippen MR) is 73.8 cm³/mol. The van der Waals surface area contributed by atoms with Crippen LogP contribution in [0.25, 0.3) is 0 Å². The fourth-order valence-electron chi connectivity index (χ4n) is 1.30. The lowest BCUT2D eigenvalue weighted by Gasteiger charge is -2.24. The van der Waals surface area contributed by atoms with Gasteiger partial charge in [0.25, 0.3) is 0 Å². The van der Waals surface area contributed by atoms with Crippen molar-refractivity contribution in [2.45, 2.75) is 30.6 Å². The molecule has 122 valence electrons. The van der Waals surface area contributed by atoms with Crippen molar-refractivity contribution in [3.63, 3.8) is 0 Å². The fraction of sp³-hybridized carbons (Fsp3) is 0.455. The number of nitrogens with one attached hydrogen (secondary N) is 1. The summed E-state index contributed by atoms with van der Waals surface area (Å²) in [5.41, 5.74) is 4.49. The van der Waals surface area contributed by atoms with Crippen LogP contribution < -0.4 is 15.2 Å². The SMILES string of the molecule is CC(C)(CN)NS(=O)(=O)c1cccc(OC(F)(F)F)c1.Cl. The van der Waals surface area contributed by atoms with Gasteiger partial charge in [-0.05, 0) is 26.0 Å². The third-order valence-corrected chi connectivity index (χ3v) is 3.97. The van der Waals surface area contributed by atoms with Gasteiger partial charge in [-0.1, -0.05) is 6.07 Å². The van der Waals surface area contributed by atoms with Gasteiger partial charge in [-0.2, -0.15) is 0 Å². The molecule has 0 saturated heterocycles. The highest BCUT2D eigenvalue weighted by Gasteiger charge is 2.32. The Morgan fingerprint density at radius 1 is 1.29 bits per heavy atom. The van der Waals surface area contributed by atoms with Gasteiger partial charge < -0.3 is 10.5 Å². The number of benzene rings is 1. The second-order valence-electron chi connectivity index (χ2n) is 4.72. The van der Waals surface area contributed by atoms with E-state index in [-0.39, 0.29) is 23.8 Å². The minimum absolute atomic E-state index is 0. The third kappa shape index (κ3) is 6.51. The standard InChI is InChI=1S/C11H15F3N2O3S.ClH/c1-10(2,7-15)16-20(17,18)9-5-3-4-8(6-9)19-11(12,13)14;/h3-6,16H,7,15H2,1-2H3;1H. The molecule has 0 fully saturated rings. The second kappa shape index (κ2) is 6.82. The van der Waals surface area contributed by atoms with Crippen LogP contribution in [0.5, 0.6) is 5.75 Å². The predicted octanol–water partition coefficient (Wildman–Crippen LogP) is 2.02. The molecule has 0 unspecified atom stereocenters. The van der Waals surface area contributed by atoms with Gasteiger partial charge in [-0.15, -0.1) is 25.6 Å². The van der Waals surface area contributed by atoms with Crippen LogP contribution in [0.1, 0.15) is 13.8 Å². The second-order valence-corrected chi connectivity index (χ2v) is 6.40. The minimum atomic E-state index is -4.88. The number of ether oxygens (including phenoxy) is 1. The van der Waals surface area contributed by atoms with Gasteiger partial charge in [-0.3, -0.25) is 0 Å². The zero-order valence-corrected chi connectivity index (χ0v) is 12.9. The molecular formula is C11H16ClF3N2O3S. The molecule has 0 saturated carbocycles. The normalized spacial score (nSPS) is 12.7. The minimum Gasteiger partial charge on any atom is -0.406 e. The molecule has 3 N–H and O–H groups in total. The van der Waals surface area contributed by atoms with Crippen LogP contribution in [0.3, 0.4) is 0 Å². The van der Waals surface area contributed by atoms with E-state index < -0.39 is 27.7 Å². The van der Waals surface area contributed by atoms with Gasteiger partial charge in [0.05, 0.1) is 4.90 Å². The van der Waals surface area contributed by atoms with E-state index in [1.807, 2.05) is 0 Å². The number of sulfonamides is 1. The molecule has 0 aromatic heterocycles. The molecule has 1 rings (SSSR count). The molecule has 21 heavy (non-hydrogen) atoms. The average Bonchev–Trinajstić information content (AvgIpc) is 2.26. The largest absolute Gasteiger partial charge is 0.573 e. The molecule has 5 nitrogen and oxygen atoms in total. The van der Waals surface area contributed by atoms with Gasteiger partial charge in [-0.25, -0.2) is 13.1 Å². The summed E-state index contributed by atoms with van der Waals surface area (Å²) >= 11 is 0. The number of alkyl halides is 3. The van der Waals surface area contributed by atoms with E-state index in [9.17, 15) is 21.6 Å². The van der Waals surface area contributed by atoms with Crippen LogP contribution in [0, 0.1) is 0 Å². The lowest BCUT2D eigenvalue weighted by atomic mass is 10.1. The molecule has 0 aliphatic heterocycles. The molecule has 0 aliphatic carbocycles. The van der Waals surface area contributed by atoms with Crippen molar-refractivity contribution in [1.29, 1.82) is 0 Å². The topological polar surface area (TPSA) is 81.4 Å². The van der Waals surface area contributed by atoms with Crippen LogP contribution in [0.2, 0.25) is 0 Å². The summed E-state index contributed by atoms with van der Waals surface area (Å²) in [6.07, 6.45) is -4.88. The molecule has 0 amide bonds. The van der Waals surface area contributed by atoms with E-state index in [4.69, 9.17) is 5.73 Å². The molecule has 0 aliphatic rings. The fourth-order valence-corrected chi connectivity index (χ4v) is 2.76. The van der Waals surface area contributed by atoms with Crippen molar-refractivity contribution in [3.05, 3.63) is 24.3 Å². The number of hydrogen-bond donors (Lipinski definition) is 2. The van der Waals surface area contributed by atoms with Gasteiger partial charge in [0.2, 0.25) is 10.0 Å². The Balaban J connectivity index is 0.00000400. The van der Waals surface area contributed by atoms with E-state index >= 15 is 0 Å². The molecule has 0 bridgehead atoms. The monoisotopic (exact) mass is 348 g/mol. The maximum absolute atomic E-state index is 12.1. The first-order valence-electron chi connectivity index (χ1n) is 5.55. The van der Waals surface area contributed by atoms with E-state index in [0.717, 1.165) is 24.3 Å². The quantitative estimate of drug-likeness (QED) is 0.853. The van der Waals surface area contributed by atoms with Crippen molar-refractivity contribution >= 4 is 22.4 Å². The zero-order valence-electron chi connectivity index (χ0n) is 11.3. The zero-order chi connectivity index (χ0) is 15.6. The van der Waals surface area contributed by atoms with Gasteiger partial charge in [0, 0.05) is 18.2 Å². The van der Waals surface area contributed by atoms with Crippen LogP contribution in [0.4, 0.5) is 13.2 Å². The molecule has 0 heterocycles. The van der Waals surface area contributed by atoms with Crippen molar-refractivity contribution in [3.8, 4) is 5.75 Å². The first kappa shape index (κ1) is 20.0. The summed E-state index contributed by atoms with van der Waals surface area (Å²) in [5.74, 6) is -0.606. The first-order chi connectivity index (χ1) is 8.95. The number of rotatable bonds is 5. The van der Waals surface area contributed by atoms with Gasteiger partial charge in [0.1, 0.15) is 5.75 Å². The summed E-state index contributed by atoms with van der Waals surface area (Å²) in [5, 5.41) is 0. The molecule has 1 aromatic rings. The smallest absolute Gasteiger partial charge is 0.406 e. The van der Waals surface area contributed by atoms with E-state index in [1.54, 1.807) is 13.8 Å². The maximum atomic E-state index is 12.1. The molecule has 0 spiro atoms. The summed E-state index contributed by atoms with van der Waals surface area (Å²) in [6, 6.07) is 4.13. The Morgan fingerprint density at radius 2 is 1.86 bits per heavy atom. The van der Waals surface area contributed by atoms with Crippen molar-refractivity contribution < 1.29 is 26.3 Å². The van der Waals surface area contributed by atoms with Crippen LogP contribution in [-0.2, 0) is 10.0 Å². The van der Waals surface area contributed by atoms with Crippen molar-refractivity contribution in [1.82, 2.24) is 4.72 Å². The molecule has 0 radical (unpaired) electrons. The average molecular weight is 349 g/mol. The maximum Gasteiger partial charge on any atom is 0.573 e. The Hall–Kier alpha value is -1.03. The molecular weight excluding hydrogens is 333 g/mol. The summed E-state index contributed by atoms with van der Waals surface area (Å²) in [6.45, 7) is 3.15. The molecule has 10 heteroatoms. The van der Waals surface area contributed by atoms with Crippen LogP contribution in [-0.4, -0.2) is 26.9 Å². The van der Waals surface area contributed by atoms with Crippen LogP contribution in [0.15, 0.2) is 29.2 Å². The van der Waals surface area contributed by atoms with Crippen molar-refractivity contribution in [2.24, 2.45) is 5.73 Å². The molecule has 0 atom stereocenters. The van der Waals surface area contributed by atoms with Crippen molar-refractivity contribution in [2.75, 3.05) is 6.54 Å². The first-order valence-corrected chi connectivity index (χ1v) is 7.03. The number of halogens is 4. The molecule has 1 aromatic carbocycles. The number of hydrogen-bond acceptors (Lipinski definition) is 4. The third-order valence-electron chi connectivity index (χ3n) is 2.27. The highest BCUT2D eigenvalue weighted by Crippen LogP contribution is 2.25. The summed E-state index contributed by atoms with van der Waals surface area (Å²) in [4.78, 5) is -0.333. The highest BCUT2D eigenvalue weighted by atomic mass is 35.5. The van der Waals surface area contributed by atoms with Gasteiger partial charge >= 0.3 is 6.36 Å². The van der Waals surface area contributed by atoms with E-state index in [0.29, 0.717) is 0 Å². The lowest BCUT2D eigenvalue weighted by Crippen LogP contribution is -2.48. The number of nitrogens with two attached hydrogens (primary N) is 1. The van der Waals surface area contributed by atoms with Gasteiger partial charge in [0.15, 0.2) is 0 Å². The van der Waals surface area contributed by atoms with Crippen LogP contribution >= 0.6 is 12.4 Å². The summed E-state index contributed by atoms with van der Waals surface area (Å²) < 4.78 is 66.3. The van der Waals surface area contributed by atoms with E-state index in [2.05, 4.69) is 9.46 Å². The summed E-state index contributed by atoms with van der Waals surface area (Å²) in [7, 11) is -3.99. The Morgan fingerprint density at radius 3 is 2.33 bits per heavy atom. The lowest BCUT2D eigenvalue weighted by molar-refractivity contribution is -0.274. The highest BCUT2D eigenvalue weighted by molar-refractivity contribution is 7.89. The van der Waals surface area contributed by atoms with E-state index in [1.165, 1.54) is 0 Å².